The van der Waals surface area contributed by atoms with Crippen molar-refractivity contribution in [1.82, 2.24) is 5.32 Å². The van der Waals surface area contributed by atoms with Gasteiger partial charge in [0, 0.05) is 17.3 Å². The zero-order valence-corrected chi connectivity index (χ0v) is 14.3. The summed E-state index contributed by atoms with van der Waals surface area (Å²) >= 11 is 6.09. The SMILES string of the molecule is COc1ccc(CNC(=O)[C@@H](C)Nc2ccc(C)c(Cl)c2)cc1. The highest BCUT2D eigenvalue weighted by atomic mass is 35.5. The second-order valence-corrected chi connectivity index (χ2v) is 5.80. The van der Waals surface area contributed by atoms with Gasteiger partial charge in [-0.2, -0.15) is 0 Å². The molecule has 2 aromatic carbocycles. The molecule has 4 nitrogen and oxygen atoms in total. The van der Waals surface area contributed by atoms with E-state index >= 15 is 0 Å². The van der Waals surface area contributed by atoms with Crippen LogP contribution in [0.4, 0.5) is 5.69 Å². The first-order valence-electron chi connectivity index (χ1n) is 7.43. The van der Waals surface area contributed by atoms with E-state index in [-0.39, 0.29) is 11.9 Å². The molecule has 122 valence electrons. The summed E-state index contributed by atoms with van der Waals surface area (Å²) in [6.45, 7) is 4.23. The molecule has 0 heterocycles. The third-order valence-electron chi connectivity index (χ3n) is 3.57. The lowest BCUT2D eigenvalue weighted by Crippen LogP contribution is -2.37. The number of carbonyl (C=O) groups is 1. The van der Waals surface area contributed by atoms with Crippen LogP contribution in [0.3, 0.4) is 0 Å². The Balaban J connectivity index is 1.87. The Morgan fingerprint density at radius 2 is 1.91 bits per heavy atom. The minimum absolute atomic E-state index is 0.0717. The Bertz CT molecular complexity index is 671. The van der Waals surface area contributed by atoms with Crippen molar-refractivity contribution < 1.29 is 9.53 Å². The molecular weight excluding hydrogens is 312 g/mol. The summed E-state index contributed by atoms with van der Waals surface area (Å²) < 4.78 is 5.11. The highest BCUT2D eigenvalue weighted by molar-refractivity contribution is 6.31. The van der Waals surface area contributed by atoms with Crippen LogP contribution in [-0.2, 0) is 11.3 Å². The molecule has 0 aromatic heterocycles. The average molecular weight is 333 g/mol. The number of carbonyl (C=O) groups excluding carboxylic acids is 1. The molecule has 0 bridgehead atoms. The minimum Gasteiger partial charge on any atom is -0.497 e. The lowest BCUT2D eigenvalue weighted by Gasteiger charge is -2.16. The monoisotopic (exact) mass is 332 g/mol. The van der Waals surface area contributed by atoms with Gasteiger partial charge in [0.05, 0.1) is 7.11 Å². The second-order valence-electron chi connectivity index (χ2n) is 5.40. The van der Waals surface area contributed by atoms with E-state index in [1.807, 2.05) is 56.3 Å². The van der Waals surface area contributed by atoms with Crippen molar-refractivity contribution in [2.75, 3.05) is 12.4 Å². The number of aryl methyl sites for hydroxylation is 1. The van der Waals surface area contributed by atoms with E-state index in [0.29, 0.717) is 11.6 Å². The van der Waals surface area contributed by atoms with E-state index < -0.39 is 0 Å². The standard InChI is InChI=1S/C18H21ClN2O2/c1-12-4-7-15(10-17(12)19)21-13(2)18(22)20-11-14-5-8-16(23-3)9-6-14/h4-10,13,21H,11H2,1-3H3,(H,20,22)/t13-/m1/s1. The fourth-order valence-corrected chi connectivity index (χ4v) is 2.26. The predicted octanol–water partition coefficient (Wildman–Crippen LogP) is 3.77. The molecule has 0 aliphatic heterocycles. The van der Waals surface area contributed by atoms with Crippen molar-refractivity contribution in [3.63, 3.8) is 0 Å². The Kier molecular flexibility index (Phi) is 5.88. The molecule has 0 radical (unpaired) electrons. The first kappa shape index (κ1) is 17.2. The topological polar surface area (TPSA) is 50.4 Å². The highest BCUT2D eigenvalue weighted by Gasteiger charge is 2.12. The summed E-state index contributed by atoms with van der Waals surface area (Å²) in [5.74, 6) is 0.726. The van der Waals surface area contributed by atoms with Crippen molar-refractivity contribution in [2.45, 2.75) is 26.4 Å². The molecule has 0 saturated carbocycles. The average Bonchev–Trinajstić information content (AvgIpc) is 2.56. The van der Waals surface area contributed by atoms with Crippen molar-refractivity contribution in [3.8, 4) is 5.75 Å². The van der Waals surface area contributed by atoms with E-state index in [0.717, 1.165) is 22.6 Å². The molecule has 0 fully saturated rings. The van der Waals surface area contributed by atoms with Gasteiger partial charge in [-0.15, -0.1) is 0 Å². The first-order chi connectivity index (χ1) is 11.0. The maximum Gasteiger partial charge on any atom is 0.242 e. The number of hydrogen-bond acceptors (Lipinski definition) is 3. The van der Waals surface area contributed by atoms with Crippen LogP contribution in [0.5, 0.6) is 5.75 Å². The van der Waals surface area contributed by atoms with Gasteiger partial charge in [-0.05, 0) is 49.2 Å². The smallest absolute Gasteiger partial charge is 0.242 e. The zero-order chi connectivity index (χ0) is 16.8. The molecule has 0 spiro atoms. The summed E-state index contributed by atoms with van der Waals surface area (Å²) in [7, 11) is 1.63. The number of amides is 1. The molecule has 2 aromatic rings. The number of anilines is 1. The van der Waals surface area contributed by atoms with Crippen molar-refractivity contribution >= 4 is 23.2 Å². The van der Waals surface area contributed by atoms with Gasteiger partial charge in [0.2, 0.25) is 5.91 Å². The van der Waals surface area contributed by atoms with Crippen LogP contribution >= 0.6 is 11.6 Å². The van der Waals surface area contributed by atoms with E-state index in [2.05, 4.69) is 10.6 Å². The number of methoxy groups -OCH3 is 1. The number of hydrogen-bond donors (Lipinski definition) is 2. The Hall–Kier alpha value is -2.20. The second kappa shape index (κ2) is 7.88. The Labute approximate surface area is 141 Å². The highest BCUT2D eigenvalue weighted by Crippen LogP contribution is 2.20. The molecule has 0 unspecified atom stereocenters. The molecule has 23 heavy (non-hydrogen) atoms. The van der Waals surface area contributed by atoms with Crippen LogP contribution in [0.15, 0.2) is 42.5 Å². The third kappa shape index (κ3) is 4.89. The van der Waals surface area contributed by atoms with Crippen LogP contribution in [0.2, 0.25) is 5.02 Å². The molecule has 0 aliphatic rings. The Morgan fingerprint density at radius 1 is 1.22 bits per heavy atom. The molecule has 0 aliphatic carbocycles. The fraction of sp³-hybridized carbons (Fsp3) is 0.278. The van der Waals surface area contributed by atoms with E-state index in [1.165, 1.54) is 0 Å². The van der Waals surface area contributed by atoms with Gasteiger partial charge < -0.3 is 15.4 Å². The van der Waals surface area contributed by atoms with E-state index in [1.54, 1.807) is 7.11 Å². The summed E-state index contributed by atoms with van der Waals surface area (Å²) in [5.41, 5.74) is 2.85. The molecule has 2 N–H and O–H groups in total. The number of nitrogens with one attached hydrogen (secondary N) is 2. The maximum atomic E-state index is 12.2. The molecule has 0 saturated heterocycles. The van der Waals surface area contributed by atoms with Gasteiger partial charge in [0.25, 0.3) is 0 Å². The van der Waals surface area contributed by atoms with E-state index in [9.17, 15) is 4.79 Å². The largest absolute Gasteiger partial charge is 0.497 e. The van der Waals surface area contributed by atoms with Crippen LogP contribution in [0, 0.1) is 6.92 Å². The van der Waals surface area contributed by atoms with Crippen LogP contribution in [0.1, 0.15) is 18.1 Å². The maximum absolute atomic E-state index is 12.2. The van der Waals surface area contributed by atoms with Gasteiger partial charge in [0.15, 0.2) is 0 Å². The molecular formula is C18H21ClN2O2. The van der Waals surface area contributed by atoms with Gasteiger partial charge >= 0.3 is 0 Å². The summed E-state index contributed by atoms with van der Waals surface area (Å²) in [4.78, 5) is 12.2. The van der Waals surface area contributed by atoms with Gasteiger partial charge in [-0.3, -0.25) is 4.79 Å². The quantitative estimate of drug-likeness (QED) is 0.846. The first-order valence-corrected chi connectivity index (χ1v) is 7.80. The molecule has 1 amide bonds. The molecule has 1 atom stereocenters. The third-order valence-corrected chi connectivity index (χ3v) is 3.98. The van der Waals surface area contributed by atoms with Crippen LogP contribution in [-0.4, -0.2) is 19.1 Å². The minimum atomic E-state index is -0.355. The van der Waals surface area contributed by atoms with Crippen molar-refractivity contribution in [1.29, 1.82) is 0 Å². The zero-order valence-electron chi connectivity index (χ0n) is 13.5. The summed E-state index contributed by atoms with van der Waals surface area (Å²) in [5, 5.41) is 6.74. The van der Waals surface area contributed by atoms with Gasteiger partial charge in [-0.25, -0.2) is 0 Å². The van der Waals surface area contributed by atoms with Gasteiger partial charge in [-0.1, -0.05) is 29.8 Å². The van der Waals surface area contributed by atoms with E-state index in [4.69, 9.17) is 16.3 Å². The normalized spacial score (nSPS) is 11.7. The fourth-order valence-electron chi connectivity index (χ4n) is 2.08. The van der Waals surface area contributed by atoms with Crippen LogP contribution < -0.4 is 15.4 Å². The predicted molar refractivity (Wildman–Crippen MR) is 94.1 cm³/mol. The van der Waals surface area contributed by atoms with Crippen molar-refractivity contribution in [2.24, 2.45) is 0 Å². The number of rotatable bonds is 6. The van der Waals surface area contributed by atoms with Crippen LogP contribution in [0.25, 0.3) is 0 Å². The number of benzene rings is 2. The Morgan fingerprint density at radius 3 is 2.52 bits per heavy atom. The number of halogens is 1. The van der Waals surface area contributed by atoms with Gasteiger partial charge in [0.1, 0.15) is 11.8 Å². The number of ether oxygens (including phenoxy) is 1. The van der Waals surface area contributed by atoms with Crippen molar-refractivity contribution in [3.05, 3.63) is 58.6 Å². The molecule has 5 heteroatoms. The summed E-state index contributed by atoms with van der Waals surface area (Å²) in [6.07, 6.45) is 0. The molecule has 2 rings (SSSR count). The summed E-state index contributed by atoms with van der Waals surface area (Å²) in [6, 6.07) is 12.9. The lowest BCUT2D eigenvalue weighted by atomic mass is 10.2. The lowest BCUT2D eigenvalue weighted by molar-refractivity contribution is -0.121.